The molecule has 2 aromatic rings. The molecule has 1 atom stereocenters. The third kappa shape index (κ3) is 2.88. The molecule has 1 aromatic heterocycles. The number of methoxy groups -OCH3 is 1. The molecule has 0 aliphatic heterocycles. The predicted molar refractivity (Wildman–Crippen MR) is 72.3 cm³/mol. The molecule has 102 valence electrons. The Labute approximate surface area is 116 Å². The van der Waals surface area contributed by atoms with Gasteiger partial charge in [-0.1, -0.05) is 29.7 Å². The van der Waals surface area contributed by atoms with Gasteiger partial charge in [-0.2, -0.15) is 4.98 Å². The highest BCUT2D eigenvalue weighted by Gasteiger charge is 2.22. The number of hydrogen-bond donors (Lipinski definition) is 1. The van der Waals surface area contributed by atoms with Crippen LogP contribution in [-0.2, 0) is 6.42 Å². The van der Waals surface area contributed by atoms with Gasteiger partial charge in [0.25, 0.3) is 0 Å². The van der Waals surface area contributed by atoms with Crippen molar-refractivity contribution in [2.75, 3.05) is 7.11 Å². The van der Waals surface area contributed by atoms with Crippen LogP contribution >= 0.6 is 11.6 Å². The maximum atomic E-state index is 6.17. The van der Waals surface area contributed by atoms with Crippen molar-refractivity contribution < 1.29 is 9.26 Å². The molecule has 19 heavy (non-hydrogen) atoms. The molecular weight excluding hydrogens is 266 g/mol. The van der Waals surface area contributed by atoms with E-state index in [1.807, 2.05) is 6.92 Å². The lowest BCUT2D eigenvalue weighted by Gasteiger charge is -2.14. The summed E-state index contributed by atoms with van der Waals surface area (Å²) >= 11 is 6.17. The molecule has 0 amide bonds. The first kappa shape index (κ1) is 13.8. The molecule has 0 saturated carbocycles. The van der Waals surface area contributed by atoms with Crippen LogP contribution in [0.2, 0.25) is 5.02 Å². The van der Waals surface area contributed by atoms with Crippen LogP contribution < -0.4 is 10.5 Å². The van der Waals surface area contributed by atoms with Crippen LogP contribution in [0.3, 0.4) is 0 Å². The zero-order valence-corrected chi connectivity index (χ0v) is 11.6. The molecule has 0 bridgehead atoms. The molecule has 0 saturated heterocycles. The molecule has 0 fully saturated rings. The molecule has 1 unspecified atom stereocenters. The second-order valence-corrected chi connectivity index (χ2v) is 4.54. The van der Waals surface area contributed by atoms with Gasteiger partial charge in [0.1, 0.15) is 5.75 Å². The van der Waals surface area contributed by atoms with E-state index in [1.54, 1.807) is 25.3 Å². The highest BCUT2D eigenvalue weighted by Crippen LogP contribution is 2.33. The Morgan fingerprint density at radius 3 is 2.95 bits per heavy atom. The van der Waals surface area contributed by atoms with E-state index in [0.717, 1.165) is 12.8 Å². The van der Waals surface area contributed by atoms with Crippen molar-refractivity contribution in [3.8, 4) is 5.75 Å². The van der Waals surface area contributed by atoms with E-state index < -0.39 is 6.04 Å². The minimum Gasteiger partial charge on any atom is -0.496 e. The van der Waals surface area contributed by atoms with Crippen LogP contribution in [0, 0.1) is 0 Å². The molecule has 1 heterocycles. The van der Waals surface area contributed by atoms with Crippen molar-refractivity contribution in [1.29, 1.82) is 0 Å². The molecule has 2 rings (SSSR count). The van der Waals surface area contributed by atoms with E-state index in [1.165, 1.54) is 0 Å². The number of halogens is 1. The van der Waals surface area contributed by atoms with Crippen molar-refractivity contribution in [3.05, 3.63) is 40.5 Å². The molecule has 1 aromatic carbocycles. The summed E-state index contributed by atoms with van der Waals surface area (Å²) in [4.78, 5) is 4.28. The van der Waals surface area contributed by atoms with Gasteiger partial charge in [0, 0.05) is 17.0 Å². The van der Waals surface area contributed by atoms with Crippen molar-refractivity contribution in [1.82, 2.24) is 10.1 Å². The summed E-state index contributed by atoms with van der Waals surface area (Å²) < 4.78 is 10.4. The number of ether oxygens (including phenoxy) is 1. The zero-order chi connectivity index (χ0) is 13.8. The molecule has 0 aliphatic carbocycles. The Balaban J connectivity index is 2.35. The number of benzene rings is 1. The summed E-state index contributed by atoms with van der Waals surface area (Å²) in [6, 6.07) is 4.79. The smallest absolute Gasteiger partial charge is 0.226 e. The molecule has 5 nitrogen and oxygen atoms in total. The largest absolute Gasteiger partial charge is 0.496 e. The van der Waals surface area contributed by atoms with E-state index in [0.29, 0.717) is 28.1 Å². The maximum Gasteiger partial charge on any atom is 0.226 e. The van der Waals surface area contributed by atoms with Gasteiger partial charge < -0.3 is 15.0 Å². The Morgan fingerprint density at radius 1 is 1.47 bits per heavy atom. The van der Waals surface area contributed by atoms with Gasteiger partial charge in [-0.05, 0) is 18.6 Å². The van der Waals surface area contributed by atoms with Crippen molar-refractivity contribution in [2.24, 2.45) is 5.73 Å². The first-order valence-corrected chi connectivity index (χ1v) is 6.45. The first-order chi connectivity index (χ1) is 9.17. The van der Waals surface area contributed by atoms with Crippen LogP contribution in [0.15, 0.2) is 22.7 Å². The zero-order valence-electron chi connectivity index (χ0n) is 10.9. The van der Waals surface area contributed by atoms with Gasteiger partial charge in [0.2, 0.25) is 5.89 Å². The SMILES string of the molecule is CCCc1nc(C(N)c2c(Cl)cccc2OC)no1. The van der Waals surface area contributed by atoms with Gasteiger partial charge in [-0.3, -0.25) is 0 Å². The Bertz CT molecular complexity index is 557. The summed E-state index contributed by atoms with van der Waals surface area (Å²) in [5.74, 6) is 1.61. The lowest BCUT2D eigenvalue weighted by molar-refractivity contribution is 0.369. The molecule has 2 N–H and O–H groups in total. The van der Waals surface area contributed by atoms with E-state index >= 15 is 0 Å². The summed E-state index contributed by atoms with van der Waals surface area (Å²) in [6.07, 6.45) is 1.67. The van der Waals surface area contributed by atoms with E-state index in [9.17, 15) is 0 Å². The van der Waals surface area contributed by atoms with E-state index in [-0.39, 0.29) is 0 Å². The first-order valence-electron chi connectivity index (χ1n) is 6.07. The predicted octanol–water partition coefficient (Wildman–Crippen LogP) is 2.73. The average molecular weight is 282 g/mol. The molecule has 0 radical (unpaired) electrons. The van der Waals surface area contributed by atoms with Gasteiger partial charge >= 0.3 is 0 Å². The van der Waals surface area contributed by atoms with Gasteiger partial charge in [0.05, 0.1) is 13.2 Å². The van der Waals surface area contributed by atoms with Crippen molar-refractivity contribution in [3.63, 3.8) is 0 Å². The second-order valence-electron chi connectivity index (χ2n) is 4.13. The van der Waals surface area contributed by atoms with Crippen LogP contribution in [0.1, 0.15) is 36.7 Å². The minimum absolute atomic E-state index is 0.412. The normalized spacial score (nSPS) is 12.4. The number of rotatable bonds is 5. The number of aromatic nitrogens is 2. The van der Waals surface area contributed by atoms with Gasteiger partial charge in [0.15, 0.2) is 5.82 Å². The van der Waals surface area contributed by atoms with E-state index in [2.05, 4.69) is 10.1 Å². The number of nitrogens with two attached hydrogens (primary N) is 1. The lowest BCUT2D eigenvalue weighted by Crippen LogP contribution is -2.15. The monoisotopic (exact) mass is 281 g/mol. The fourth-order valence-electron chi connectivity index (χ4n) is 1.84. The average Bonchev–Trinajstić information content (AvgIpc) is 2.86. The highest BCUT2D eigenvalue weighted by molar-refractivity contribution is 6.31. The quantitative estimate of drug-likeness (QED) is 0.912. The minimum atomic E-state index is -0.571. The third-order valence-electron chi connectivity index (χ3n) is 2.77. The second kappa shape index (κ2) is 6.04. The summed E-state index contributed by atoms with van der Waals surface area (Å²) in [6.45, 7) is 2.04. The Hall–Kier alpha value is -1.59. The van der Waals surface area contributed by atoms with Crippen molar-refractivity contribution >= 4 is 11.6 Å². The molecular formula is C13H16ClN3O2. The fourth-order valence-corrected chi connectivity index (χ4v) is 2.12. The summed E-state index contributed by atoms with van der Waals surface area (Å²) in [5.41, 5.74) is 6.82. The van der Waals surface area contributed by atoms with Crippen LogP contribution in [0.4, 0.5) is 0 Å². The molecule has 6 heteroatoms. The van der Waals surface area contributed by atoms with Crippen LogP contribution in [0.5, 0.6) is 5.75 Å². The topological polar surface area (TPSA) is 74.2 Å². The Kier molecular flexibility index (Phi) is 4.39. The van der Waals surface area contributed by atoms with E-state index in [4.69, 9.17) is 26.6 Å². The van der Waals surface area contributed by atoms with Crippen LogP contribution in [0.25, 0.3) is 0 Å². The highest BCUT2D eigenvalue weighted by atomic mass is 35.5. The standard InChI is InChI=1S/C13H16ClN3O2/c1-3-5-10-16-13(17-19-10)12(15)11-8(14)6-4-7-9(11)18-2/h4,6-7,12H,3,5,15H2,1-2H3. The number of nitrogens with zero attached hydrogens (tertiary/aromatic N) is 2. The fraction of sp³-hybridized carbons (Fsp3) is 0.385. The lowest BCUT2D eigenvalue weighted by atomic mass is 10.1. The van der Waals surface area contributed by atoms with Crippen LogP contribution in [-0.4, -0.2) is 17.3 Å². The van der Waals surface area contributed by atoms with Crippen molar-refractivity contribution in [2.45, 2.75) is 25.8 Å². The van der Waals surface area contributed by atoms with Gasteiger partial charge in [-0.25, -0.2) is 0 Å². The summed E-state index contributed by atoms with van der Waals surface area (Å²) in [7, 11) is 1.57. The maximum absolute atomic E-state index is 6.17. The third-order valence-corrected chi connectivity index (χ3v) is 3.10. The number of aryl methyl sites for hydroxylation is 1. The van der Waals surface area contributed by atoms with Gasteiger partial charge in [-0.15, -0.1) is 0 Å². The summed E-state index contributed by atoms with van der Waals surface area (Å²) in [5, 5.41) is 4.42. The molecule has 0 spiro atoms. The Morgan fingerprint density at radius 2 is 2.26 bits per heavy atom. The molecule has 0 aliphatic rings. The number of hydrogen-bond acceptors (Lipinski definition) is 5.